The number of Topliss-reactive ketones (excluding diaryl/α,β-unsaturated/α-hetero) is 1. The molecule has 0 radical (unpaired) electrons. The lowest BCUT2D eigenvalue weighted by atomic mass is 9.99. The average Bonchev–Trinajstić information content (AvgIpc) is 3.04. The van der Waals surface area contributed by atoms with Crippen LogP contribution in [-0.4, -0.2) is 38.0 Å². The van der Waals surface area contributed by atoms with Crippen LogP contribution in [0.2, 0.25) is 0 Å². The van der Waals surface area contributed by atoms with Crippen LogP contribution < -0.4 is 14.8 Å². The number of anilines is 1. The number of methoxy groups -OCH3 is 1. The van der Waals surface area contributed by atoms with Gasteiger partial charge in [-0.1, -0.05) is 12.1 Å². The Labute approximate surface area is 174 Å². The minimum Gasteiger partial charge on any atom is -0.493 e. The molecule has 0 saturated carbocycles. The highest BCUT2D eigenvalue weighted by molar-refractivity contribution is 6.05. The standard InChI is InChI=1S/C23H23NO6/c1-4-5-15-6-9-20(21(10-15)28-3)29-13-22(26)30-12-19(25)16-7-8-18-17(11-16)14(2)23(27)24-18/h4,6-11,14H,1,5,12-13H2,2-3H3,(H,24,27)/t14-/m1/s1. The van der Waals surface area contributed by atoms with Crippen LogP contribution in [0.15, 0.2) is 49.1 Å². The summed E-state index contributed by atoms with van der Waals surface area (Å²) in [5, 5.41) is 2.75. The van der Waals surface area contributed by atoms with Crippen LogP contribution in [0.1, 0.15) is 34.3 Å². The molecule has 1 aliphatic heterocycles. The summed E-state index contributed by atoms with van der Waals surface area (Å²) in [6.07, 6.45) is 2.46. The van der Waals surface area contributed by atoms with Crippen molar-refractivity contribution in [1.29, 1.82) is 0 Å². The van der Waals surface area contributed by atoms with Gasteiger partial charge in [0.2, 0.25) is 5.91 Å². The molecule has 3 rings (SSSR count). The SMILES string of the molecule is C=CCc1ccc(OCC(=O)OCC(=O)c2ccc3c(c2)[C@@H](C)C(=O)N3)c(OC)c1. The van der Waals surface area contributed by atoms with Crippen molar-refractivity contribution in [1.82, 2.24) is 0 Å². The summed E-state index contributed by atoms with van der Waals surface area (Å²) in [6.45, 7) is 4.70. The molecule has 2 aromatic rings. The van der Waals surface area contributed by atoms with E-state index in [4.69, 9.17) is 14.2 Å². The van der Waals surface area contributed by atoms with Crippen LogP contribution in [0.5, 0.6) is 11.5 Å². The van der Waals surface area contributed by atoms with Gasteiger partial charge in [0.25, 0.3) is 0 Å². The lowest BCUT2D eigenvalue weighted by molar-refractivity contribution is -0.144. The molecule has 2 aromatic carbocycles. The van der Waals surface area contributed by atoms with Crippen LogP contribution in [0.3, 0.4) is 0 Å². The van der Waals surface area contributed by atoms with Gasteiger partial charge < -0.3 is 19.5 Å². The molecular weight excluding hydrogens is 386 g/mol. The first-order valence-electron chi connectivity index (χ1n) is 9.47. The van der Waals surface area contributed by atoms with Crippen molar-refractivity contribution in [2.45, 2.75) is 19.3 Å². The number of amides is 1. The molecule has 30 heavy (non-hydrogen) atoms. The zero-order valence-corrected chi connectivity index (χ0v) is 16.9. The molecule has 1 amide bonds. The molecule has 0 bridgehead atoms. The van der Waals surface area contributed by atoms with Gasteiger partial charge in [-0.25, -0.2) is 4.79 Å². The van der Waals surface area contributed by atoms with E-state index in [1.54, 1.807) is 43.3 Å². The van der Waals surface area contributed by atoms with Crippen molar-refractivity contribution >= 4 is 23.3 Å². The molecule has 0 fully saturated rings. The lowest BCUT2D eigenvalue weighted by Crippen LogP contribution is -2.19. The summed E-state index contributed by atoms with van der Waals surface area (Å²) in [5.74, 6) is -0.564. The van der Waals surface area contributed by atoms with E-state index in [1.807, 2.05) is 6.07 Å². The first kappa shape index (κ1) is 21.1. The maximum absolute atomic E-state index is 12.4. The van der Waals surface area contributed by atoms with Crippen molar-refractivity contribution < 1.29 is 28.6 Å². The zero-order chi connectivity index (χ0) is 21.7. The van der Waals surface area contributed by atoms with Gasteiger partial charge in [-0.2, -0.15) is 0 Å². The second kappa shape index (κ2) is 9.26. The third-order valence-electron chi connectivity index (χ3n) is 4.81. The Balaban J connectivity index is 1.53. The number of benzene rings is 2. The van der Waals surface area contributed by atoms with E-state index < -0.39 is 12.6 Å². The van der Waals surface area contributed by atoms with E-state index in [0.717, 1.165) is 11.1 Å². The fourth-order valence-corrected chi connectivity index (χ4v) is 3.12. The Morgan fingerprint density at radius 1 is 1.13 bits per heavy atom. The molecule has 1 heterocycles. The number of ketones is 1. The largest absolute Gasteiger partial charge is 0.493 e. The van der Waals surface area contributed by atoms with Crippen LogP contribution in [0, 0.1) is 0 Å². The van der Waals surface area contributed by atoms with Crippen molar-refractivity contribution in [2.75, 3.05) is 25.6 Å². The first-order valence-corrected chi connectivity index (χ1v) is 9.47. The van der Waals surface area contributed by atoms with E-state index in [1.165, 1.54) is 7.11 Å². The highest BCUT2D eigenvalue weighted by Crippen LogP contribution is 2.32. The third-order valence-corrected chi connectivity index (χ3v) is 4.81. The van der Waals surface area contributed by atoms with Gasteiger partial charge in [-0.05, 0) is 54.8 Å². The lowest BCUT2D eigenvalue weighted by Gasteiger charge is -2.11. The molecule has 0 aliphatic carbocycles. The van der Waals surface area contributed by atoms with E-state index in [0.29, 0.717) is 29.2 Å². The number of ether oxygens (including phenoxy) is 3. The summed E-state index contributed by atoms with van der Waals surface area (Å²) >= 11 is 0. The van der Waals surface area contributed by atoms with Crippen LogP contribution in [0.25, 0.3) is 0 Å². The quantitative estimate of drug-likeness (QED) is 0.388. The monoisotopic (exact) mass is 409 g/mol. The highest BCUT2D eigenvalue weighted by Gasteiger charge is 2.27. The van der Waals surface area contributed by atoms with Gasteiger partial charge in [0.05, 0.1) is 13.0 Å². The number of carbonyl (C=O) groups is 3. The van der Waals surface area contributed by atoms with Crippen LogP contribution in [-0.2, 0) is 20.7 Å². The topological polar surface area (TPSA) is 90.9 Å². The summed E-state index contributed by atoms with van der Waals surface area (Å²) in [6, 6.07) is 10.3. The summed E-state index contributed by atoms with van der Waals surface area (Å²) < 4.78 is 15.8. The molecule has 7 nitrogen and oxygen atoms in total. The highest BCUT2D eigenvalue weighted by atomic mass is 16.6. The third kappa shape index (κ3) is 4.68. The molecule has 0 aromatic heterocycles. The second-order valence-corrected chi connectivity index (χ2v) is 6.86. The maximum atomic E-state index is 12.4. The Hall–Kier alpha value is -3.61. The molecule has 1 N–H and O–H groups in total. The average molecular weight is 409 g/mol. The number of fused-ring (bicyclic) bond motifs is 1. The number of hydrogen-bond donors (Lipinski definition) is 1. The van der Waals surface area contributed by atoms with Crippen molar-refractivity contribution in [2.24, 2.45) is 0 Å². The number of carbonyl (C=O) groups excluding carboxylic acids is 3. The van der Waals surface area contributed by atoms with Crippen molar-refractivity contribution in [3.63, 3.8) is 0 Å². The molecule has 7 heteroatoms. The molecule has 0 unspecified atom stereocenters. The molecule has 156 valence electrons. The van der Waals surface area contributed by atoms with E-state index in [-0.39, 0.29) is 24.2 Å². The Morgan fingerprint density at radius 3 is 2.67 bits per heavy atom. The summed E-state index contributed by atoms with van der Waals surface area (Å²) in [5.41, 5.74) is 2.84. The van der Waals surface area contributed by atoms with Crippen molar-refractivity contribution in [3.05, 3.63) is 65.7 Å². The van der Waals surface area contributed by atoms with Gasteiger partial charge in [0, 0.05) is 11.3 Å². The fraction of sp³-hybridized carbons (Fsp3) is 0.261. The predicted molar refractivity (Wildman–Crippen MR) is 111 cm³/mol. The van der Waals surface area contributed by atoms with Gasteiger partial charge >= 0.3 is 5.97 Å². The molecule has 0 saturated heterocycles. The van der Waals surface area contributed by atoms with Crippen LogP contribution >= 0.6 is 0 Å². The Morgan fingerprint density at radius 2 is 1.93 bits per heavy atom. The predicted octanol–water partition coefficient (Wildman–Crippen LogP) is 3.28. The van der Waals surface area contributed by atoms with Crippen LogP contribution in [0.4, 0.5) is 5.69 Å². The van der Waals surface area contributed by atoms with Crippen molar-refractivity contribution in [3.8, 4) is 11.5 Å². The van der Waals surface area contributed by atoms with Gasteiger partial charge in [-0.15, -0.1) is 6.58 Å². The van der Waals surface area contributed by atoms with E-state index >= 15 is 0 Å². The summed E-state index contributed by atoms with van der Waals surface area (Å²) in [7, 11) is 1.51. The minimum atomic E-state index is -0.674. The fourth-order valence-electron chi connectivity index (χ4n) is 3.12. The molecule has 1 aliphatic rings. The minimum absolute atomic E-state index is 0.105. The van der Waals surface area contributed by atoms with Gasteiger partial charge in [0.1, 0.15) is 0 Å². The zero-order valence-electron chi connectivity index (χ0n) is 16.9. The second-order valence-electron chi connectivity index (χ2n) is 6.86. The number of hydrogen-bond acceptors (Lipinski definition) is 6. The molecular formula is C23H23NO6. The smallest absolute Gasteiger partial charge is 0.344 e. The van der Waals surface area contributed by atoms with E-state index in [2.05, 4.69) is 11.9 Å². The normalized spacial score (nSPS) is 14.5. The summed E-state index contributed by atoms with van der Waals surface area (Å²) in [4.78, 5) is 36.1. The van der Waals surface area contributed by atoms with Gasteiger partial charge in [-0.3, -0.25) is 9.59 Å². The maximum Gasteiger partial charge on any atom is 0.344 e. The Bertz CT molecular complexity index is 997. The number of nitrogens with one attached hydrogen (secondary N) is 1. The van der Waals surface area contributed by atoms with E-state index in [9.17, 15) is 14.4 Å². The van der Waals surface area contributed by atoms with Gasteiger partial charge in [0.15, 0.2) is 30.5 Å². The number of esters is 1. The first-order chi connectivity index (χ1) is 14.4. The number of rotatable bonds is 9. The number of allylic oxidation sites excluding steroid dienone is 1. The molecule has 0 spiro atoms. The Kier molecular flexibility index (Phi) is 6.51. The molecule has 1 atom stereocenters.